The molecule has 0 atom stereocenters. The van der Waals surface area contributed by atoms with E-state index in [-0.39, 0.29) is 31.1 Å². The fourth-order valence-corrected chi connectivity index (χ4v) is 2.61. The first kappa shape index (κ1) is 20.4. The number of hydrogen-bond donors (Lipinski definition) is 2. The third-order valence-corrected chi connectivity index (χ3v) is 3.89. The summed E-state index contributed by atoms with van der Waals surface area (Å²) in [6, 6.07) is 11.1. The van der Waals surface area contributed by atoms with Crippen LogP contribution in [0.4, 0.5) is 13.2 Å². The van der Waals surface area contributed by atoms with E-state index in [1.807, 2.05) is 0 Å². The first-order valence-corrected chi connectivity index (χ1v) is 8.10. The minimum absolute atomic E-state index is 0.0377. The molecule has 0 aliphatic rings. The maximum absolute atomic E-state index is 12.9. The van der Waals surface area contributed by atoms with Gasteiger partial charge in [0.25, 0.3) is 0 Å². The number of carboxylic acids is 1. The van der Waals surface area contributed by atoms with E-state index in [2.05, 4.69) is 5.32 Å². The largest absolute Gasteiger partial charge is 0.478 e. The molecule has 144 valence electrons. The van der Waals surface area contributed by atoms with Gasteiger partial charge in [0, 0.05) is 20.1 Å². The molecule has 5 nitrogen and oxygen atoms in total. The van der Waals surface area contributed by atoms with Crippen LogP contribution in [0.2, 0.25) is 0 Å². The van der Waals surface area contributed by atoms with E-state index in [1.165, 1.54) is 25.2 Å². The number of hydrogen-bond acceptors (Lipinski definition) is 3. The Hall–Kier alpha value is -2.87. The second-order valence-electron chi connectivity index (χ2n) is 6.02. The number of benzene rings is 2. The van der Waals surface area contributed by atoms with Gasteiger partial charge in [-0.1, -0.05) is 30.3 Å². The van der Waals surface area contributed by atoms with E-state index in [9.17, 15) is 22.8 Å². The van der Waals surface area contributed by atoms with E-state index in [1.54, 1.807) is 23.1 Å². The predicted molar refractivity (Wildman–Crippen MR) is 93.0 cm³/mol. The van der Waals surface area contributed by atoms with E-state index in [0.717, 1.165) is 12.1 Å². The van der Waals surface area contributed by atoms with Crippen molar-refractivity contribution in [3.05, 3.63) is 70.8 Å². The lowest BCUT2D eigenvalue weighted by Gasteiger charge is -2.22. The fraction of sp³-hybridized carbons (Fsp3) is 0.263. The zero-order valence-corrected chi connectivity index (χ0v) is 14.6. The third-order valence-electron chi connectivity index (χ3n) is 3.89. The molecule has 2 N–H and O–H groups in total. The SMILES string of the molecule is CNC(=O)CN(Cc1cccc(C(=O)O)c1)Cc1cccc(C(F)(F)F)c1. The second-order valence-corrected chi connectivity index (χ2v) is 6.02. The van der Waals surface area contributed by atoms with Gasteiger partial charge in [0.1, 0.15) is 0 Å². The number of halogens is 3. The molecular formula is C19H19F3N2O3. The van der Waals surface area contributed by atoms with Crippen molar-refractivity contribution in [1.82, 2.24) is 10.2 Å². The summed E-state index contributed by atoms with van der Waals surface area (Å²) in [6.45, 7) is 0.281. The smallest absolute Gasteiger partial charge is 0.416 e. The monoisotopic (exact) mass is 380 g/mol. The van der Waals surface area contributed by atoms with Crippen molar-refractivity contribution in [2.24, 2.45) is 0 Å². The summed E-state index contributed by atoms with van der Waals surface area (Å²) in [4.78, 5) is 24.5. The molecule has 1 amide bonds. The normalized spacial score (nSPS) is 11.4. The van der Waals surface area contributed by atoms with Crippen molar-refractivity contribution in [3.63, 3.8) is 0 Å². The first-order chi connectivity index (χ1) is 12.7. The van der Waals surface area contributed by atoms with Crippen LogP contribution < -0.4 is 5.32 Å². The molecule has 0 radical (unpaired) electrons. The summed E-state index contributed by atoms with van der Waals surface area (Å²) >= 11 is 0. The first-order valence-electron chi connectivity index (χ1n) is 8.10. The molecule has 2 aromatic rings. The standard InChI is InChI=1S/C19H19F3N2O3/c1-23-17(25)12-24(10-13-4-2-6-15(8-13)18(26)27)11-14-5-3-7-16(9-14)19(20,21)22/h2-9H,10-12H2,1H3,(H,23,25)(H,26,27). The van der Waals surface area contributed by atoms with Gasteiger partial charge in [0.15, 0.2) is 0 Å². The molecule has 0 aliphatic heterocycles. The molecular weight excluding hydrogens is 361 g/mol. The van der Waals surface area contributed by atoms with E-state index in [0.29, 0.717) is 11.1 Å². The number of aromatic carboxylic acids is 1. The second kappa shape index (κ2) is 8.68. The Labute approximate surface area is 154 Å². The highest BCUT2D eigenvalue weighted by atomic mass is 19.4. The molecule has 2 rings (SSSR count). The molecule has 0 aromatic heterocycles. The van der Waals surface area contributed by atoms with Crippen LogP contribution in [0, 0.1) is 0 Å². The van der Waals surface area contributed by atoms with Crippen molar-refractivity contribution in [2.75, 3.05) is 13.6 Å². The van der Waals surface area contributed by atoms with Gasteiger partial charge in [0.05, 0.1) is 17.7 Å². The van der Waals surface area contributed by atoms with Crippen LogP contribution >= 0.6 is 0 Å². The van der Waals surface area contributed by atoms with Crippen LogP contribution in [0.25, 0.3) is 0 Å². The lowest BCUT2D eigenvalue weighted by Crippen LogP contribution is -2.35. The van der Waals surface area contributed by atoms with Gasteiger partial charge in [-0.3, -0.25) is 9.69 Å². The Morgan fingerprint density at radius 3 is 2.19 bits per heavy atom. The lowest BCUT2D eigenvalue weighted by atomic mass is 10.1. The summed E-state index contributed by atoms with van der Waals surface area (Å²) in [5, 5.41) is 11.6. The average molecular weight is 380 g/mol. The molecule has 0 fully saturated rings. The number of carbonyl (C=O) groups excluding carboxylic acids is 1. The van der Waals surface area contributed by atoms with Gasteiger partial charge >= 0.3 is 12.1 Å². The predicted octanol–water partition coefficient (Wildman–Crippen LogP) is 3.15. The Balaban J connectivity index is 2.23. The van der Waals surface area contributed by atoms with Gasteiger partial charge in [-0.15, -0.1) is 0 Å². The number of carboxylic acid groups (broad SMARTS) is 1. The zero-order valence-electron chi connectivity index (χ0n) is 14.6. The minimum Gasteiger partial charge on any atom is -0.478 e. The highest BCUT2D eigenvalue weighted by molar-refractivity contribution is 5.87. The highest BCUT2D eigenvalue weighted by Gasteiger charge is 2.30. The van der Waals surface area contributed by atoms with Gasteiger partial charge in [-0.25, -0.2) is 4.79 Å². The van der Waals surface area contributed by atoms with Crippen LogP contribution in [-0.2, 0) is 24.1 Å². The average Bonchev–Trinajstić information content (AvgIpc) is 2.61. The molecule has 0 unspecified atom stereocenters. The Bertz CT molecular complexity index is 822. The zero-order chi connectivity index (χ0) is 20.0. The van der Waals surface area contributed by atoms with Crippen molar-refractivity contribution >= 4 is 11.9 Å². The van der Waals surface area contributed by atoms with Gasteiger partial charge in [-0.05, 0) is 29.3 Å². The number of likely N-dealkylation sites (N-methyl/N-ethyl adjacent to an activating group) is 1. The number of rotatable bonds is 7. The number of amides is 1. The molecule has 0 aliphatic carbocycles. The van der Waals surface area contributed by atoms with E-state index >= 15 is 0 Å². The highest BCUT2D eigenvalue weighted by Crippen LogP contribution is 2.29. The topological polar surface area (TPSA) is 69.6 Å². The molecule has 2 aromatic carbocycles. The quantitative estimate of drug-likeness (QED) is 0.774. The number of carbonyl (C=O) groups is 2. The van der Waals surface area contributed by atoms with Crippen molar-refractivity contribution < 1.29 is 27.9 Å². The van der Waals surface area contributed by atoms with Crippen LogP contribution in [0.3, 0.4) is 0 Å². The summed E-state index contributed by atoms with van der Waals surface area (Å²) in [5.41, 5.74) is 0.396. The van der Waals surface area contributed by atoms with Gasteiger partial charge in [0.2, 0.25) is 5.91 Å². The molecule has 0 spiro atoms. The van der Waals surface area contributed by atoms with E-state index < -0.39 is 17.7 Å². The molecule has 0 heterocycles. The summed E-state index contributed by atoms with van der Waals surface area (Å²) in [6.07, 6.45) is -4.45. The Kier molecular flexibility index (Phi) is 6.57. The molecule has 27 heavy (non-hydrogen) atoms. The Morgan fingerprint density at radius 1 is 1.04 bits per heavy atom. The van der Waals surface area contributed by atoms with Crippen LogP contribution in [0.15, 0.2) is 48.5 Å². The van der Waals surface area contributed by atoms with Crippen LogP contribution in [0.5, 0.6) is 0 Å². The van der Waals surface area contributed by atoms with Crippen molar-refractivity contribution in [3.8, 4) is 0 Å². The third kappa shape index (κ3) is 6.10. The van der Waals surface area contributed by atoms with Crippen molar-refractivity contribution in [2.45, 2.75) is 19.3 Å². The number of alkyl halides is 3. The van der Waals surface area contributed by atoms with Gasteiger partial charge < -0.3 is 10.4 Å². The van der Waals surface area contributed by atoms with Gasteiger partial charge in [-0.2, -0.15) is 13.2 Å². The minimum atomic E-state index is -4.45. The lowest BCUT2D eigenvalue weighted by molar-refractivity contribution is -0.137. The maximum Gasteiger partial charge on any atom is 0.416 e. The number of nitrogens with zero attached hydrogens (tertiary/aromatic N) is 1. The molecule has 0 saturated carbocycles. The maximum atomic E-state index is 12.9. The number of nitrogens with one attached hydrogen (secondary N) is 1. The molecule has 0 saturated heterocycles. The van der Waals surface area contributed by atoms with Crippen LogP contribution in [-0.4, -0.2) is 35.5 Å². The van der Waals surface area contributed by atoms with E-state index in [4.69, 9.17) is 5.11 Å². The summed E-state index contributed by atoms with van der Waals surface area (Å²) in [7, 11) is 1.47. The van der Waals surface area contributed by atoms with Crippen molar-refractivity contribution in [1.29, 1.82) is 0 Å². The molecule has 0 bridgehead atoms. The molecule has 8 heteroatoms. The van der Waals surface area contributed by atoms with Crippen LogP contribution in [0.1, 0.15) is 27.0 Å². The summed E-state index contributed by atoms with van der Waals surface area (Å²) < 4.78 is 38.7. The Morgan fingerprint density at radius 2 is 1.63 bits per heavy atom. The fourth-order valence-electron chi connectivity index (χ4n) is 2.61. The summed E-state index contributed by atoms with van der Waals surface area (Å²) in [5.74, 6) is -1.37.